The van der Waals surface area contributed by atoms with E-state index in [1.54, 1.807) is 20.8 Å². The minimum absolute atomic E-state index is 0.148. The molecule has 6 nitrogen and oxygen atoms in total. The first-order valence-corrected chi connectivity index (χ1v) is 5.00. The predicted octanol–water partition coefficient (Wildman–Crippen LogP) is 1.83. The molecule has 92 valence electrons. The van der Waals surface area contributed by atoms with Gasteiger partial charge in [-0.2, -0.15) is 0 Å². The summed E-state index contributed by atoms with van der Waals surface area (Å²) in [5.74, 6) is -0.769. The standard InChI is InChI=1S/C11H14N2O4/c1-11(2,3)12-10(15)8-6-7(14)4-5-9(8)13(16)17/h4-6,14H,1-3H3,(H,12,15). The van der Waals surface area contributed by atoms with Crippen molar-refractivity contribution in [3.05, 3.63) is 33.9 Å². The summed E-state index contributed by atoms with van der Waals surface area (Å²) in [6.45, 7) is 5.29. The van der Waals surface area contributed by atoms with E-state index in [0.29, 0.717) is 0 Å². The van der Waals surface area contributed by atoms with E-state index in [0.717, 1.165) is 12.1 Å². The Morgan fingerprint density at radius 3 is 2.47 bits per heavy atom. The van der Waals surface area contributed by atoms with E-state index in [2.05, 4.69) is 5.32 Å². The monoisotopic (exact) mass is 238 g/mol. The van der Waals surface area contributed by atoms with Crippen LogP contribution in [0.2, 0.25) is 0 Å². The summed E-state index contributed by atoms with van der Waals surface area (Å²) >= 11 is 0. The van der Waals surface area contributed by atoms with Crippen LogP contribution in [-0.4, -0.2) is 21.5 Å². The predicted molar refractivity (Wildman–Crippen MR) is 62.0 cm³/mol. The Labute approximate surface area is 98.4 Å². The molecule has 0 heterocycles. The van der Waals surface area contributed by atoms with Gasteiger partial charge in [-0.3, -0.25) is 14.9 Å². The fraction of sp³-hybridized carbons (Fsp3) is 0.364. The van der Waals surface area contributed by atoms with Crippen LogP contribution >= 0.6 is 0 Å². The van der Waals surface area contributed by atoms with Crippen LogP contribution in [0.15, 0.2) is 18.2 Å². The van der Waals surface area contributed by atoms with Gasteiger partial charge in [0.2, 0.25) is 0 Å². The first kappa shape index (κ1) is 13.0. The second-order valence-corrected chi connectivity index (χ2v) is 4.66. The molecule has 0 aliphatic carbocycles. The van der Waals surface area contributed by atoms with Gasteiger partial charge in [0.05, 0.1) is 4.92 Å². The molecule has 0 aliphatic heterocycles. The minimum Gasteiger partial charge on any atom is -0.508 e. The number of rotatable bonds is 2. The Bertz CT molecular complexity index is 463. The number of phenols is 1. The molecule has 1 aromatic rings. The molecule has 1 amide bonds. The second-order valence-electron chi connectivity index (χ2n) is 4.66. The van der Waals surface area contributed by atoms with Crippen molar-refractivity contribution in [2.45, 2.75) is 26.3 Å². The van der Waals surface area contributed by atoms with Gasteiger partial charge >= 0.3 is 0 Å². The SMILES string of the molecule is CC(C)(C)NC(=O)c1cc(O)ccc1[N+](=O)[O-]. The molecule has 0 saturated carbocycles. The van der Waals surface area contributed by atoms with Gasteiger partial charge in [0, 0.05) is 11.6 Å². The number of benzene rings is 1. The summed E-state index contributed by atoms with van der Waals surface area (Å²) in [5, 5.41) is 22.6. The summed E-state index contributed by atoms with van der Waals surface area (Å²) < 4.78 is 0. The van der Waals surface area contributed by atoms with Crippen molar-refractivity contribution < 1.29 is 14.8 Å². The topological polar surface area (TPSA) is 92.5 Å². The van der Waals surface area contributed by atoms with Crippen molar-refractivity contribution in [2.24, 2.45) is 0 Å². The van der Waals surface area contributed by atoms with Crippen molar-refractivity contribution in [3.63, 3.8) is 0 Å². The highest BCUT2D eigenvalue weighted by Gasteiger charge is 2.23. The highest BCUT2D eigenvalue weighted by molar-refractivity contribution is 5.98. The van der Waals surface area contributed by atoms with Gasteiger partial charge in [0.25, 0.3) is 11.6 Å². The van der Waals surface area contributed by atoms with E-state index in [-0.39, 0.29) is 17.0 Å². The molecule has 0 fully saturated rings. The quantitative estimate of drug-likeness (QED) is 0.607. The molecule has 0 spiro atoms. The van der Waals surface area contributed by atoms with E-state index >= 15 is 0 Å². The Hall–Kier alpha value is -2.11. The molecule has 2 N–H and O–H groups in total. The molecule has 0 aliphatic rings. The van der Waals surface area contributed by atoms with Crippen LogP contribution in [0.4, 0.5) is 5.69 Å². The van der Waals surface area contributed by atoms with Gasteiger partial charge in [-0.15, -0.1) is 0 Å². The third-order valence-electron chi connectivity index (χ3n) is 1.91. The van der Waals surface area contributed by atoms with Gasteiger partial charge in [-0.1, -0.05) is 0 Å². The molecule has 1 aromatic carbocycles. The lowest BCUT2D eigenvalue weighted by molar-refractivity contribution is -0.385. The number of nitro groups is 1. The fourth-order valence-electron chi connectivity index (χ4n) is 1.27. The lowest BCUT2D eigenvalue weighted by atomic mass is 10.1. The fourth-order valence-corrected chi connectivity index (χ4v) is 1.27. The zero-order valence-electron chi connectivity index (χ0n) is 9.85. The first-order valence-electron chi connectivity index (χ1n) is 5.00. The van der Waals surface area contributed by atoms with Gasteiger partial charge in [-0.25, -0.2) is 0 Å². The normalized spacial score (nSPS) is 11.0. The molecule has 0 atom stereocenters. The molecular formula is C11H14N2O4. The van der Waals surface area contributed by atoms with Gasteiger partial charge in [0.15, 0.2) is 0 Å². The molecule has 6 heteroatoms. The number of carbonyl (C=O) groups excluding carboxylic acids is 1. The highest BCUT2D eigenvalue weighted by atomic mass is 16.6. The summed E-state index contributed by atoms with van der Waals surface area (Å²) in [7, 11) is 0. The number of hydrogen-bond donors (Lipinski definition) is 2. The maximum absolute atomic E-state index is 11.8. The lowest BCUT2D eigenvalue weighted by Gasteiger charge is -2.20. The average molecular weight is 238 g/mol. The summed E-state index contributed by atoms with van der Waals surface area (Å²) in [4.78, 5) is 21.9. The van der Waals surface area contributed by atoms with E-state index in [1.807, 2.05) is 0 Å². The third kappa shape index (κ3) is 3.44. The molecule has 0 aromatic heterocycles. The third-order valence-corrected chi connectivity index (χ3v) is 1.91. The van der Waals surface area contributed by atoms with E-state index in [4.69, 9.17) is 0 Å². The van der Waals surface area contributed by atoms with Crippen LogP contribution in [0.3, 0.4) is 0 Å². The molecule has 0 radical (unpaired) electrons. The van der Waals surface area contributed by atoms with Crippen LogP contribution in [0, 0.1) is 10.1 Å². The summed E-state index contributed by atoms with van der Waals surface area (Å²) in [6, 6.07) is 3.36. The largest absolute Gasteiger partial charge is 0.508 e. The summed E-state index contributed by atoms with van der Waals surface area (Å²) in [6.07, 6.45) is 0. The Balaban J connectivity index is 3.16. The van der Waals surface area contributed by atoms with Crippen molar-refractivity contribution in [1.82, 2.24) is 5.32 Å². The molecule has 0 bridgehead atoms. The zero-order chi connectivity index (χ0) is 13.2. The molecule has 17 heavy (non-hydrogen) atoms. The number of nitrogens with one attached hydrogen (secondary N) is 1. The first-order chi connectivity index (χ1) is 7.70. The number of hydrogen-bond acceptors (Lipinski definition) is 4. The van der Waals surface area contributed by atoms with Gasteiger partial charge in [-0.05, 0) is 32.9 Å². The molecule has 0 saturated heterocycles. The number of nitrogens with zero attached hydrogens (tertiary/aromatic N) is 1. The zero-order valence-corrected chi connectivity index (χ0v) is 9.85. The number of carbonyl (C=O) groups is 1. The van der Waals surface area contributed by atoms with E-state index < -0.39 is 16.4 Å². The lowest BCUT2D eigenvalue weighted by Crippen LogP contribution is -2.40. The second kappa shape index (κ2) is 4.40. The molecule has 0 unspecified atom stereocenters. The van der Waals surface area contributed by atoms with Crippen molar-refractivity contribution in [1.29, 1.82) is 0 Å². The van der Waals surface area contributed by atoms with Crippen molar-refractivity contribution in [2.75, 3.05) is 0 Å². The molecule has 1 rings (SSSR count). The number of nitro benzene ring substituents is 1. The number of phenolic OH excluding ortho intramolecular Hbond substituents is 1. The maximum atomic E-state index is 11.8. The minimum atomic E-state index is -0.656. The van der Waals surface area contributed by atoms with Crippen LogP contribution in [0.5, 0.6) is 5.75 Å². The van der Waals surface area contributed by atoms with Crippen LogP contribution in [0.1, 0.15) is 31.1 Å². The summed E-state index contributed by atoms with van der Waals surface area (Å²) in [5.41, 5.74) is -0.981. The van der Waals surface area contributed by atoms with E-state index in [1.165, 1.54) is 6.07 Å². The molecular weight excluding hydrogens is 224 g/mol. The Kier molecular flexibility index (Phi) is 3.36. The number of amides is 1. The number of aromatic hydroxyl groups is 1. The maximum Gasteiger partial charge on any atom is 0.282 e. The van der Waals surface area contributed by atoms with Crippen LogP contribution < -0.4 is 5.32 Å². The van der Waals surface area contributed by atoms with E-state index in [9.17, 15) is 20.0 Å². The average Bonchev–Trinajstić information content (AvgIpc) is 2.14. The highest BCUT2D eigenvalue weighted by Crippen LogP contribution is 2.23. The Morgan fingerprint density at radius 1 is 1.41 bits per heavy atom. The van der Waals surface area contributed by atoms with Gasteiger partial charge in [0.1, 0.15) is 11.3 Å². The van der Waals surface area contributed by atoms with Crippen molar-refractivity contribution in [3.8, 4) is 5.75 Å². The van der Waals surface area contributed by atoms with Crippen molar-refractivity contribution >= 4 is 11.6 Å². The van der Waals surface area contributed by atoms with Crippen LogP contribution in [-0.2, 0) is 0 Å². The Morgan fingerprint density at radius 2 is 2.00 bits per heavy atom. The van der Waals surface area contributed by atoms with Crippen LogP contribution in [0.25, 0.3) is 0 Å². The van der Waals surface area contributed by atoms with Gasteiger partial charge < -0.3 is 10.4 Å². The smallest absolute Gasteiger partial charge is 0.282 e.